The molecule has 0 fully saturated rings. The first-order valence-corrected chi connectivity index (χ1v) is 6.88. The standard InChI is InChI=1S/C14H32N2O/c1-12(2)10-13(3)16(5)9-7-6-8-14(4,15)11-17/h12-13,17H,6-11,15H2,1-5H3. The van der Waals surface area contributed by atoms with E-state index in [1.54, 1.807) is 0 Å². The number of aliphatic hydroxyl groups is 1. The summed E-state index contributed by atoms with van der Waals surface area (Å²) in [7, 11) is 2.20. The SMILES string of the molecule is CC(C)CC(C)N(C)CCCCC(C)(N)CO. The fourth-order valence-electron chi connectivity index (χ4n) is 2.05. The molecule has 3 N–H and O–H groups in total. The van der Waals surface area contributed by atoms with Crippen molar-refractivity contribution in [2.24, 2.45) is 11.7 Å². The van der Waals surface area contributed by atoms with Gasteiger partial charge in [-0.25, -0.2) is 0 Å². The molecule has 0 saturated carbocycles. The highest BCUT2D eigenvalue weighted by molar-refractivity contribution is 4.77. The molecular formula is C14H32N2O. The maximum absolute atomic E-state index is 9.05. The number of hydrogen-bond donors (Lipinski definition) is 2. The van der Waals surface area contributed by atoms with Gasteiger partial charge in [-0.3, -0.25) is 0 Å². The quantitative estimate of drug-likeness (QED) is 0.612. The first-order chi connectivity index (χ1) is 7.78. The van der Waals surface area contributed by atoms with Crippen LogP contribution in [0.4, 0.5) is 0 Å². The van der Waals surface area contributed by atoms with Crippen LogP contribution in [-0.4, -0.2) is 41.8 Å². The number of nitrogens with two attached hydrogens (primary N) is 1. The van der Waals surface area contributed by atoms with Crippen LogP contribution in [-0.2, 0) is 0 Å². The van der Waals surface area contributed by atoms with Gasteiger partial charge in [0.05, 0.1) is 6.61 Å². The lowest BCUT2D eigenvalue weighted by molar-refractivity contribution is 0.189. The highest BCUT2D eigenvalue weighted by atomic mass is 16.3. The molecule has 0 heterocycles. The summed E-state index contributed by atoms with van der Waals surface area (Å²) in [4.78, 5) is 2.42. The van der Waals surface area contributed by atoms with Crippen LogP contribution in [0.3, 0.4) is 0 Å². The summed E-state index contributed by atoms with van der Waals surface area (Å²) in [6.45, 7) is 9.94. The maximum Gasteiger partial charge on any atom is 0.0608 e. The molecule has 3 nitrogen and oxygen atoms in total. The average molecular weight is 244 g/mol. The second-order valence-corrected chi connectivity index (χ2v) is 6.23. The molecule has 2 unspecified atom stereocenters. The van der Waals surface area contributed by atoms with Crippen LogP contribution in [0.2, 0.25) is 0 Å². The minimum absolute atomic E-state index is 0.0760. The van der Waals surface area contributed by atoms with Crippen LogP contribution >= 0.6 is 0 Å². The maximum atomic E-state index is 9.05. The smallest absolute Gasteiger partial charge is 0.0608 e. The van der Waals surface area contributed by atoms with Crippen LogP contribution in [0.5, 0.6) is 0 Å². The van der Waals surface area contributed by atoms with E-state index < -0.39 is 5.54 Å². The Kier molecular flexibility index (Phi) is 8.01. The van der Waals surface area contributed by atoms with Crippen molar-refractivity contribution in [2.45, 2.75) is 65.0 Å². The lowest BCUT2D eigenvalue weighted by Crippen LogP contribution is -2.40. The first kappa shape index (κ1) is 16.9. The van der Waals surface area contributed by atoms with Gasteiger partial charge in [0, 0.05) is 11.6 Å². The molecule has 17 heavy (non-hydrogen) atoms. The number of nitrogens with zero attached hydrogens (tertiary/aromatic N) is 1. The second kappa shape index (κ2) is 8.06. The van der Waals surface area contributed by atoms with E-state index in [2.05, 4.69) is 32.7 Å². The normalized spacial score (nSPS) is 17.5. The van der Waals surface area contributed by atoms with Crippen molar-refractivity contribution < 1.29 is 5.11 Å². The van der Waals surface area contributed by atoms with Crippen molar-refractivity contribution in [1.29, 1.82) is 0 Å². The van der Waals surface area contributed by atoms with Gasteiger partial charge in [0.15, 0.2) is 0 Å². The fraction of sp³-hybridized carbons (Fsp3) is 1.00. The minimum atomic E-state index is -0.401. The Morgan fingerprint density at radius 3 is 2.29 bits per heavy atom. The fourth-order valence-corrected chi connectivity index (χ4v) is 2.05. The molecule has 0 bridgehead atoms. The second-order valence-electron chi connectivity index (χ2n) is 6.23. The van der Waals surface area contributed by atoms with E-state index in [9.17, 15) is 0 Å². The molecule has 0 aliphatic rings. The monoisotopic (exact) mass is 244 g/mol. The van der Waals surface area contributed by atoms with Crippen LogP contribution < -0.4 is 5.73 Å². The Morgan fingerprint density at radius 2 is 1.82 bits per heavy atom. The summed E-state index contributed by atoms with van der Waals surface area (Å²) in [6, 6.07) is 0.650. The minimum Gasteiger partial charge on any atom is -0.394 e. The highest BCUT2D eigenvalue weighted by Gasteiger charge is 2.16. The molecule has 0 spiro atoms. The van der Waals surface area contributed by atoms with Crippen LogP contribution in [0, 0.1) is 5.92 Å². The molecular weight excluding hydrogens is 212 g/mol. The third-order valence-electron chi connectivity index (χ3n) is 3.43. The third kappa shape index (κ3) is 8.58. The van der Waals surface area contributed by atoms with E-state index in [1.807, 2.05) is 6.92 Å². The van der Waals surface area contributed by atoms with Crippen molar-refractivity contribution in [3.63, 3.8) is 0 Å². The molecule has 0 aliphatic carbocycles. The summed E-state index contributed by atoms with van der Waals surface area (Å²) < 4.78 is 0. The zero-order valence-electron chi connectivity index (χ0n) is 12.4. The molecule has 0 aromatic rings. The summed E-state index contributed by atoms with van der Waals surface area (Å²) in [5.74, 6) is 0.758. The van der Waals surface area contributed by atoms with Gasteiger partial charge in [-0.1, -0.05) is 20.3 Å². The predicted octanol–water partition coefficient (Wildman–Crippen LogP) is 2.23. The molecule has 0 aliphatic heterocycles. The molecule has 0 saturated heterocycles. The third-order valence-corrected chi connectivity index (χ3v) is 3.43. The molecule has 0 aromatic heterocycles. The summed E-state index contributed by atoms with van der Waals surface area (Å²) >= 11 is 0. The van der Waals surface area contributed by atoms with Gasteiger partial charge in [-0.15, -0.1) is 0 Å². The van der Waals surface area contributed by atoms with Crippen LogP contribution in [0.1, 0.15) is 53.4 Å². The molecule has 104 valence electrons. The molecule has 0 radical (unpaired) electrons. The van der Waals surface area contributed by atoms with Gasteiger partial charge in [-0.2, -0.15) is 0 Å². The van der Waals surface area contributed by atoms with Crippen molar-refractivity contribution >= 4 is 0 Å². The number of unbranched alkanes of at least 4 members (excludes halogenated alkanes) is 1. The Bertz CT molecular complexity index is 193. The number of rotatable bonds is 9. The Balaban J connectivity index is 3.67. The number of hydrogen-bond acceptors (Lipinski definition) is 3. The van der Waals surface area contributed by atoms with Crippen molar-refractivity contribution in [3.05, 3.63) is 0 Å². The topological polar surface area (TPSA) is 49.5 Å². The van der Waals surface area contributed by atoms with Gasteiger partial charge in [0.25, 0.3) is 0 Å². The van der Waals surface area contributed by atoms with Crippen molar-refractivity contribution in [3.8, 4) is 0 Å². The van der Waals surface area contributed by atoms with E-state index >= 15 is 0 Å². The Labute approximate surface area is 107 Å². The van der Waals surface area contributed by atoms with Gasteiger partial charge >= 0.3 is 0 Å². The van der Waals surface area contributed by atoms with Gasteiger partial charge in [-0.05, 0) is 52.6 Å². The van der Waals surface area contributed by atoms with Crippen LogP contribution in [0.15, 0.2) is 0 Å². The van der Waals surface area contributed by atoms with E-state index in [0.717, 1.165) is 31.7 Å². The summed E-state index contributed by atoms with van der Waals surface area (Å²) in [5, 5.41) is 9.05. The zero-order chi connectivity index (χ0) is 13.5. The largest absolute Gasteiger partial charge is 0.394 e. The molecule has 0 aromatic carbocycles. The predicted molar refractivity (Wildman–Crippen MR) is 75.1 cm³/mol. The highest BCUT2D eigenvalue weighted by Crippen LogP contribution is 2.13. The molecule has 2 atom stereocenters. The summed E-state index contributed by atoms with van der Waals surface area (Å²) in [6.07, 6.45) is 4.40. The van der Waals surface area contributed by atoms with E-state index in [1.165, 1.54) is 6.42 Å². The molecule has 3 heteroatoms. The van der Waals surface area contributed by atoms with E-state index in [-0.39, 0.29) is 6.61 Å². The molecule has 0 amide bonds. The van der Waals surface area contributed by atoms with Crippen molar-refractivity contribution in [1.82, 2.24) is 4.90 Å². The number of aliphatic hydroxyl groups excluding tert-OH is 1. The van der Waals surface area contributed by atoms with Crippen LogP contribution in [0.25, 0.3) is 0 Å². The van der Waals surface area contributed by atoms with Crippen molar-refractivity contribution in [2.75, 3.05) is 20.2 Å². The summed E-state index contributed by atoms with van der Waals surface area (Å²) in [5.41, 5.74) is 5.49. The Morgan fingerprint density at radius 1 is 1.24 bits per heavy atom. The Hall–Kier alpha value is -0.120. The first-order valence-electron chi connectivity index (χ1n) is 6.88. The molecule has 0 rings (SSSR count). The van der Waals surface area contributed by atoms with Gasteiger partial charge < -0.3 is 15.7 Å². The zero-order valence-corrected chi connectivity index (χ0v) is 12.4. The lowest BCUT2D eigenvalue weighted by atomic mass is 9.97. The van der Waals surface area contributed by atoms with E-state index in [4.69, 9.17) is 10.8 Å². The van der Waals surface area contributed by atoms with E-state index in [0.29, 0.717) is 6.04 Å². The van der Waals surface area contributed by atoms with Gasteiger partial charge in [0.1, 0.15) is 0 Å². The lowest BCUT2D eigenvalue weighted by Gasteiger charge is -2.27. The average Bonchev–Trinajstić information content (AvgIpc) is 2.23. The van der Waals surface area contributed by atoms with Gasteiger partial charge in [0.2, 0.25) is 0 Å².